The van der Waals surface area contributed by atoms with Crippen molar-refractivity contribution in [2.45, 2.75) is 25.2 Å². The first kappa shape index (κ1) is 19.8. The summed E-state index contributed by atoms with van der Waals surface area (Å²) in [5.41, 5.74) is 2.09. The Labute approximate surface area is 185 Å². The third-order valence-electron chi connectivity index (χ3n) is 5.16. The highest BCUT2D eigenvalue weighted by Gasteiger charge is 2.47. The molecule has 4 heterocycles. The molecule has 0 atom stereocenters. The molecule has 1 fully saturated rings. The molecule has 10 nitrogen and oxygen atoms in total. The number of fused-ring (bicyclic) bond motifs is 1. The molecular formula is C19H17ClN8O2S. The number of thiazole rings is 1. The number of aryl methyl sites for hydroxylation is 1. The predicted molar refractivity (Wildman–Crippen MR) is 117 cm³/mol. The maximum absolute atomic E-state index is 12.7. The minimum atomic E-state index is -0.481. The number of aliphatic hydroxyl groups excluding tert-OH is 1. The van der Waals surface area contributed by atoms with Crippen LogP contribution < -0.4 is 10.6 Å². The van der Waals surface area contributed by atoms with E-state index in [1.807, 2.05) is 6.92 Å². The Morgan fingerprint density at radius 1 is 1.26 bits per heavy atom. The molecule has 2 amide bonds. The van der Waals surface area contributed by atoms with E-state index in [9.17, 15) is 9.90 Å². The minimum absolute atomic E-state index is 0.0125. The molecule has 0 aromatic carbocycles. The van der Waals surface area contributed by atoms with E-state index in [2.05, 4.69) is 35.8 Å². The number of carbonyl (C=O) groups is 1. The summed E-state index contributed by atoms with van der Waals surface area (Å²) in [5.74, 6) is 0.354. The molecule has 0 spiro atoms. The Bertz CT molecular complexity index is 1290. The monoisotopic (exact) mass is 456 g/mol. The number of anilines is 2. The molecule has 0 aliphatic heterocycles. The van der Waals surface area contributed by atoms with Crippen LogP contribution in [0.5, 0.6) is 0 Å². The highest BCUT2D eigenvalue weighted by atomic mass is 35.5. The van der Waals surface area contributed by atoms with Crippen molar-refractivity contribution >= 4 is 50.7 Å². The van der Waals surface area contributed by atoms with Crippen molar-refractivity contribution in [1.29, 1.82) is 0 Å². The number of aliphatic hydroxyl groups is 1. The summed E-state index contributed by atoms with van der Waals surface area (Å²) in [7, 11) is 0. The van der Waals surface area contributed by atoms with Crippen LogP contribution in [0.2, 0.25) is 5.02 Å². The van der Waals surface area contributed by atoms with Crippen molar-refractivity contribution in [2.75, 3.05) is 17.2 Å². The van der Waals surface area contributed by atoms with Crippen LogP contribution in [-0.2, 0) is 5.41 Å². The zero-order valence-electron chi connectivity index (χ0n) is 16.3. The van der Waals surface area contributed by atoms with Gasteiger partial charge in [-0.15, -0.1) is 4.80 Å². The van der Waals surface area contributed by atoms with Crippen molar-refractivity contribution < 1.29 is 9.90 Å². The largest absolute Gasteiger partial charge is 0.395 e. The fraction of sp³-hybridized carbons (Fsp3) is 0.263. The smallest absolute Gasteiger partial charge is 0.323 e. The molecule has 5 rings (SSSR count). The molecule has 158 valence electrons. The summed E-state index contributed by atoms with van der Waals surface area (Å²) in [6.07, 6.45) is 7.77. The van der Waals surface area contributed by atoms with Crippen LogP contribution in [0.4, 0.5) is 16.2 Å². The summed E-state index contributed by atoms with van der Waals surface area (Å²) in [6, 6.07) is 1.08. The number of hydrogen-bond acceptors (Lipinski definition) is 8. The number of nitrogens with zero attached hydrogens (tertiary/aromatic N) is 6. The summed E-state index contributed by atoms with van der Waals surface area (Å²) in [5, 5.41) is 24.7. The van der Waals surface area contributed by atoms with Gasteiger partial charge in [0.25, 0.3) is 0 Å². The first-order valence-electron chi connectivity index (χ1n) is 9.47. The first-order chi connectivity index (χ1) is 15.0. The second-order valence-corrected chi connectivity index (χ2v) is 8.89. The molecule has 0 saturated heterocycles. The summed E-state index contributed by atoms with van der Waals surface area (Å²) >= 11 is 7.75. The van der Waals surface area contributed by atoms with E-state index < -0.39 is 11.4 Å². The number of rotatable bonds is 5. The molecule has 31 heavy (non-hydrogen) atoms. The zero-order valence-corrected chi connectivity index (χ0v) is 17.9. The lowest BCUT2D eigenvalue weighted by molar-refractivity contribution is 0.255. The van der Waals surface area contributed by atoms with Gasteiger partial charge in [-0.3, -0.25) is 0 Å². The molecule has 3 N–H and O–H groups in total. The molecule has 0 radical (unpaired) electrons. The Morgan fingerprint density at radius 2 is 2.03 bits per heavy atom. The molecule has 1 saturated carbocycles. The molecule has 1 aliphatic carbocycles. The van der Waals surface area contributed by atoms with Crippen LogP contribution in [0.15, 0.2) is 30.9 Å². The van der Waals surface area contributed by atoms with E-state index in [0.29, 0.717) is 17.2 Å². The lowest BCUT2D eigenvalue weighted by Gasteiger charge is -2.18. The van der Waals surface area contributed by atoms with E-state index in [0.717, 1.165) is 33.8 Å². The Hall–Kier alpha value is -3.15. The van der Waals surface area contributed by atoms with Gasteiger partial charge in [0.2, 0.25) is 0 Å². The van der Waals surface area contributed by atoms with E-state index in [1.54, 1.807) is 12.3 Å². The average Bonchev–Trinajstić information content (AvgIpc) is 3.14. The minimum Gasteiger partial charge on any atom is -0.395 e. The van der Waals surface area contributed by atoms with Crippen molar-refractivity contribution in [3.63, 3.8) is 0 Å². The average molecular weight is 457 g/mol. The van der Waals surface area contributed by atoms with Gasteiger partial charge in [-0.05, 0) is 25.8 Å². The van der Waals surface area contributed by atoms with Crippen LogP contribution in [-0.4, -0.2) is 47.7 Å². The van der Waals surface area contributed by atoms with Gasteiger partial charge < -0.3 is 15.7 Å². The SMILES string of the molecule is Cc1nc2c(C3(CO)CC3)c(NC(=O)Nc3cnc(-n4nccn4)c(Cl)c3)cnc2s1. The fourth-order valence-electron chi connectivity index (χ4n) is 3.51. The normalized spacial score (nSPS) is 14.5. The van der Waals surface area contributed by atoms with E-state index in [1.165, 1.54) is 34.7 Å². The van der Waals surface area contributed by atoms with Gasteiger partial charge in [-0.1, -0.05) is 22.9 Å². The molecule has 0 unspecified atom stereocenters. The van der Waals surface area contributed by atoms with Crippen molar-refractivity contribution in [1.82, 2.24) is 29.9 Å². The molecule has 4 aromatic heterocycles. The molecule has 0 bridgehead atoms. The maximum Gasteiger partial charge on any atom is 0.323 e. The molecular weight excluding hydrogens is 440 g/mol. The summed E-state index contributed by atoms with van der Waals surface area (Å²) in [6.45, 7) is 1.90. The molecule has 4 aromatic rings. The van der Waals surface area contributed by atoms with Gasteiger partial charge >= 0.3 is 6.03 Å². The molecule has 12 heteroatoms. The van der Waals surface area contributed by atoms with Crippen molar-refractivity contribution in [3.8, 4) is 5.82 Å². The molecule has 1 aliphatic rings. The topological polar surface area (TPSA) is 131 Å². The van der Waals surface area contributed by atoms with Crippen LogP contribution >= 0.6 is 22.9 Å². The van der Waals surface area contributed by atoms with Gasteiger partial charge in [-0.25, -0.2) is 19.7 Å². The summed E-state index contributed by atoms with van der Waals surface area (Å²) < 4.78 is 0. The standard InChI is InChI=1S/C19H17ClN8O2S/c1-10-25-15-14(19(9-29)2-3-19)13(8-22-17(15)31-10)27-18(30)26-11-6-12(20)16(21-7-11)28-23-4-5-24-28/h4-8,29H,2-3,9H2,1H3,(H2,26,27,30). The number of amides is 2. The van der Waals surface area contributed by atoms with Gasteiger partial charge in [-0.2, -0.15) is 10.2 Å². The van der Waals surface area contributed by atoms with E-state index >= 15 is 0 Å². The zero-order chi connectivity index (χ0) is 21.6. The maximum atomic E-state index is 12.7. The van der Waals surface area contributed by atoms with E-state index in [-0.39, 0.29) is 11.6 Å². The highest BCUT2D eigenvalue weighted by Crippen LogP contribution is 2.52. The number of urea groups is 1. The number of carbonyl (C=O) groups excluding carboxylic acids is 1. The second-order valence-electron chi connectivity index (χ2n) is 7.30. The van der Waals surface area contributed by atoms with Crippen LogP contribution in [0, 0.1) is 6.92 Å². The Morgan fingerprint density at radius 3 is 2.71 bits per heavy atom. The first-order valence-corrected chi connectivity index (χ1v) is 10.7. The Balaban J connectivity index is 1.41. The van der Waals surface area contributed by atoms with Crippen LogP contribution in [0.3, 0.4) is 0 Å². The number of aromatic nitrogens is 6. The number of nitrogens with one attached hydrogen (secondary N) is 2. The quantitative estimate of drug-likeness (QED) is 0.420. The van der Waals surface area contributed by atoms with Crippen molar-refractivity contribution in [3.05, 3.63) is 46.4 Å². The van der Waals surface area contributed by atoms with Crippen LogP contribution in [0.1, 0.15) is 23.4 Å². The number of hydrogen-bond donors (Lipinski definition) is 3. The van der Waals surface area contributed by atoms with Gasteiger partial charge in [0.05, 0.1) is 52.8 Å². The van der Waals surface area contributed by atoms with Gasteiger partial charge in [0, 0.05) is 11.0 Å². The second kappa shape index (κ2) is 7.52. The van der Waals surface area contributed by atoms with Gasteiger partial charge in [0.15, 0.2) is 5.82 Å². The summed E-state index contributed by atoms with van der Waals surface area (Å²) in [4.78, 5) is 28.0. The highest BCUT2D eigenvalue weighted by molar-refractivity contribution is 7.18. The predicted octanol–water partition coefficient (Wildman–Crippen LogP) is 3.30. The lowest BCUT2D eigenvalue weighted by atomic mass is 9.95. The fourth-order valence-corrected chi connectivity index (χ4v) is 4.52. The third kappa shape index (κ3) is 3.60. The lowest BCUT2D eigenvalue weighted by Crippen LogP contribution is -2.23. The third-order valence-corrected chi connectivity index (χ3v) is 6.31. The number of pyridine rings is 2. The van der Waals surface area contributed by atoms with Crippen molar-refractivity contribution in [2.24, 2.45) is 0 Å². The van der Waals surface area contributed by atoms with Crippen LogP contribution in [0.25, 0.3) is 16.2 Å². The van der Waals surface area contributed by atoms with Gasteiger partial charge in [0.1, 0.15) is 10.3 Å². The Kier molecular flexibility index (Phi) is 4.80. The number of halogens is 1. The van der Waals surface area contributed by atoms with E-state index in [4.69, 9.17) is 11.6 Å².